The van der Waals surface area contributed by atoms with Gasteiger partial charge in [0.2, 0.25) is 0 Å². The Morgan fingerprint density at radius 1 is 0.969 bits per heavy atom. The number of anilines is 3. The summed E-state index contributed by atoms with van der Waals surface area (Å²) in [5, 5.41) is 11.6. The van der Waals surface area contributed by atoms with E-state index in [1.165, 1.54) is 12.1 Å². The summed E-state index contributed by atoms with van der Waals surface area (Å²) in [6.07, 6.45) is -1.47. The summed E-state index contributed by atoms with van der Waals surface area (Å²) in [5.41, 5.74) is 0.991. The molecule has 11 heteroatoms. The lowest BCUT2D eigenvalue weighted by atomic mass is 10.1. The Kier molecular flexibility index (Phi) is 6.06. The standard InChI is InChI=1S/C21H19F3N6O2/c22-21(23,24)32-17-3-1-2-15(14-17)20(31)30-12-10-29(11-13-30)19-5-4-18(27-28-19)26-16-6-8-25-9-7-16/h1-9,14H,10-13H2,(H,25,26,27). The van der Waals surface area contributed by atoms with Crippen molar-refractivity contribution in [2.24, 2.45) is 0 Å². The lowest BCUT2D eigenvalue weighted by Crippen LogP contribution is -2.49. The highest BCUT2D eigenvalue weighted by Crippen LogP contribution is 2.24. The summed E-state index contributed by atoms with van der Waals surface area (Å²) in [7, 11) is 0. The summed E-state index contributed by atoms with van der Waals surface area (Å²) in [6, 6.07) is 12.4. The quantitative estimate of drug-likeness (QED) is 0.645. The summed E-state index contributed by atoms with van der Waals surface area (Å²) >= 11 is 0. The third-order valence-electron chi connectivity index (χ3n) is 4.81. The van der Waals surface area contributed by atoms with E-state index in [9.17, 15) is 18.0 Å². The largest absolute Gasteiger partial charge is 0.573 e. The SMILES string of the molecule is O=C(c1cccc(OC(F)(F)F)c1)N1CCN(c2ccc(Nc3ccncc3)nn2)CC1. The Hall–Kier alpha value is -3.89. The first-order valence-corrected chi connectivity index (χ1v) is 9.78. The summed E-state index contributed by atoms with van der Waals surface area (Å²) in [6.45, 7) is 1.86. The van der Waals surface area contributed by atoms with Gasteiger partial charge in [0.05, 0.1) is 0 Å². The maximum atomic E-state index is 12.7. The van der Waals surface area contributed by atoms with Gasteiger partial charge in [0, 0.05) is 49.8 Å². The molecule has 32 heavy (non-hydrogen) atoms. The molecule has 0 saturated carbocycles. The van der Waals surface area contributed by atoms with E-state index in [2.05, 4.69) is 25.2 Å². The Morgan fingerprint density at radius 2 is 1.72 bits per heavy atom. The number of amides is 1. The van der Waals surface area contributed by atoms with E-state index in [0.29, 0.717) is 37.8 Å². The van der Waals surface area contributed by atoms with Crippen molar-refractivity contribution in [1.82, 2.24) is 20.1 Å². The molecule has 0 bridgehead atoms. The van der Waals surface area contributed by atoms with Gasteiger partial charge in [-0.05, 0) is 42.5 Å². The van der Waals surface area contributed by atoms with Gasteiger partial charge in [0.1, 0.15) is 5.75 Å². The predicted octanol–water partition coefficient (Wildman–Crippen LogP) is 3.48. The van der Waals surface area contributed by atoms with Crippen molar-refractivity contribution in [3.63, 3.8) is 0 Å². The second-order valence-electron chi connectivity index (χ2n) is 6.99. The Morgan fingerprint density at radius 3 is 2.38 bits per heavy atom. The van der Waals surface area contributed by atoms with Gasteiger partial charge in [-0.25, -0.2) is 0 Å². The number of halogens is 3. The van der Waals surface area contributed by atoms with E-state index in [0.717, 1.165) is 17.8 Å². The monoisotopic (exact) mass is 444 g/mol. The van der Waals surface area contributed by atoms with Crippen LogP contribution in [0.3, 0.4) is 0 Å². The Bertz CT molecular complexity index is 1060. The van der Waals surface area contributed by atoms with Crippen LogP contribution in [0.25, 0.3) is 0 Å². The normalized spacial score (nSPS) is 14.2. The molecule has 0 unspecified atom stereocenters. The third kappa shape index (κ3) is 5.42. The zero-order chi connectivity index (χ0) is 22.6. The molecule has 0 atom stereocenters. The number of carbonyl (C=O) groups excluding carboxylic acids is 1. The van der Waals surface area contributed by atoms with Crippen molar-refractivity contribution in [3.8, 4) is 5.75 Å². The average molecular weight is 444 g/mol. The van der Waals surface area contributed by atoms with E-state index >= 15 is 0 Å². The summed E-state index contributed by atoms with van der Waals surface area (Å²) < 4.78 is 41.2. The fourth-order valence-corrected chi connectivity index (χ4v) is 3.29. The molecule has 4 rings (SSSR count). The molecule has 8 nitrogen and oxygen atoms in total. The number of rotatable bonds is 5. The van der Waals surface area contributed by atoms with Crippen LogP contribution in [0, 0.1) is 0 Å². The first-order chi connectivity index (χ1) is 15.4. The van der Waals surface area contributed by atoms with Crippen LogP contribution in [0.4, 0.5) is 30.5 Å². The number of nitrogens with zero attached hydrogens (tertiary/aromatic N) is 5. The number of carbonyl (C=O) groups is 1. The highest BCUT2D eigenvalue weighted by Gasteiger charge is 2.31. The van der Waals surface area contributed by atoms with E-state index in [1.807, 2.05) is 29.2 Å². The van der Waals surface area contributed by atoms with E-state index in [-0.39, 0.29) is 11.5 Å². The molecule has 2 aromatic heterocycles. The molecule has 1 aliphatic heterocycles. The molecule has 3 heterocycles. The fourth-order valence-electron chi connectivity index (χ4n) is 3.29. The van der Waals surface area contributed by atoms with Gasteiger partial charge in [0.25, 0.3) is 5.91 Å². The average Bonchev–Trinajstić information content (AvgIpc) is 2.79. The third-order valence-corrected chi connectivity index (χ3v) is 4.81. The first kappa shape index (κ1) is 21.3. The maximum absolute atomic E-state index is 12.7. The molecular weight excluding hydrogens is 425 g/mol. The molecule has 1 aromatic carbocycles. The van der Waals surface area contributed by atoms with Gasteiger partial charge < -0.3 is 19.9 Å². The molecule has 1 N–H and O–H groups in total. The highest BCUT2D eigenvalue weighted by atomic mass is 19.4. The molecule has 1 saturated heterocycles. The molecule has 1 amide bonds. The second-order valence-corrected chi connectivity index (χ2v) is 6.99. The van der Waals surface area contributed by atoms with E-state index < -0.39 is 12.1 Å². The summed E-state index contributed by atoms with van der Waals surface area (Å²) in [4.78, 5) is 20.3. The van der Waals surface area contributed by atoms with Crippen LogP contribution in [0.2, 0.25) is 0 Å². The molecule has 1 fully saturated rings. The van der Waals surface area contributed by atoms with Gasteiger partial charge in [-0.1, -0.05) is 6.07 Å². The van der Waals surface area contributed by atoms with E-state index in [1.54, 1.807) is 17.3 Å². The number of hydrogen-bond acceptors (Lipinski definition) is 7. The smallest absolute Gasteiger partial charge is 0.406 e. The second kappa shape index (κ2) is 9.08. The molecule has 3 aromatic rings. The van der Waals surface area contributed by atoms with Crippen molar-refractivity contribution in [1.29, 1.82) is 0 Å². The molecule has 166 valence electrons. The number of hydrogen-bond donors (Lipinski definition) is 1. The van der Waals surface area contributed by atoms with Crippen LogP contribution >= 0.6 is 0 Å². The van der Waals surface area contributed by atoms with Crippen molar-refractivity contribution >= 4 is 23.2 Å². The van der Waals surface area contributed by atoms with Crippen molar-refractivity contribution in [2.45, 2.75) is 6.36 Å². The van der Waals surface area contributed by atoms with Gasteiger partial charge in [-0.15, -0.1) is 23.4 Å². The Labute approximate surface area is 181 Å². The van der Waals surface area contributed by atoms with Crippen molar-refractivity contribution in [3.05, 3.63) is 66.5 Å². The van der Waals surface area contributed by atoms with Gasteiger partial charge >= 0.3 is 6.36 Å². The topological polar surface area (TPSA) is 83.5 Å². The minimum absolute atomic E-state index is 0.145. The van der Waals surface area contributed by atoms with E-state index in [4.69, 9.17) is 0 Å². The van der Waals surface area contributed by atoms with Crippen LogP contribution in [0.1, 0.15) is 10.4 Å². The maximum Gasteiger partial charge on any atom is 0.573 e. The summed E-state index contributed by atoms with van der Waals surface area (Å²) in [5.74, 6) is 0.505. The van der Waals surface area contributed by atoms with Crippen LogP contribution in [-0.4, -0.2) is 58.5 Å². The number of ether oxygens (including phenoxy) is 1. The minimum Gasteiger partial charge on any atom is -0.406 e. The fraction of sp³-hybridized carbons (Fsp3) is 0.238. The van der Waals surface area contributed by atoms with Crippen LogP contribution in [0.5, 0.6) is 5.75 Å². The molecule has 0 radical (unpaired) electrons. The first-order valence-electron chi connectivity index (χ1n) is 9.78. The van der Waals surface area contributed by atoms with Gasteiger partial charge in [-0.3, -0.25) is 9.78 Å². The number of aromatic nitrogens is 3. The Balaban J connectivity index is 1.34. The lowest BCUT2D eigenvalue weighted by Gasteiger charge is -2.35. The van der Waals surface area contributed by atoms with Crippen LogP contribution < -0.4 is 15.0 Å². The van der Waals surface area contributed by atoms with Crippen molar-refractivity contribution in [2.75, 3.05) is 36.4 Å². The lowest BCUT2D eigenvalue weighted by molar-refractivity contribution is -0.274. The zero-order valence-corrected chi connectivity index (χ0v) is 16.8. The number of benzene rings is 1. The number of nitrogens with one attached hydrogen (secondary N) is 1. The highest BCUT2D eigenvalue weighted by molar-refractivity contribution is 5.94. The molecule has 1 aliphatic rings. The van der Waals surface area contributed by atoms with Gasteiger partial charge in [-0.2, -0.15) is 0 Å². The van der Waals surface area contributed by atoms with Crippen LogP contribution in [-0.2, 0) is 0 Å². The number of piperazine rings is 1. The molecular formula is C21H19F3N6O2. The zero-order valence-electron chi connectivity index (χ0n) is 16.8. The van der Waals surface area contributed by atoms with Crippen LogP contribution in [0.15, 0.2) is 60.9 Å². The van der Waals surface area contributed by atoms with Gasteiger partial charge in [0.15, 0.2) is 11.6 Å². The molecule has 0 spiro atoms. The number of alkyl halides is 3. The predicted molar refractivity (Wildman–Crippen MR) is 111 cm³/mol. The minimum atomic E-state index is -4.81. The molecule has 0 aliphatic carbocycles. The number of pyridine rings is 1. The van der Waals surface area contributed by atoms with Crippen molar-refractivity contribution < 1.29 is 22.7 Å².